The first-order valence-corrected chi connectivity index (χ1v) is 7.36. The van der Waals surface area contributed by atoms with Crippen molar-refractivity contribution < 1.29 is 0 Å². The molecule has 88 valence electrons. The van der Waals surface area contributed by atoms with Gasteiger partial charge in [0.05, 0.1) is 9.08 Å². The number of hydrogen-bond acceptors (Lipinski definition) is 5. The predicted octanol–water partition coefficient (Wildman–Crippen LogP) is 2.54. The zero-order valence-corrected chi connectivity index (χ0v) is 12.0. The Morgan fingerprint density at radius 2 is 2.24 bits per heavy atom. The van der Waals surface area contributed by atoms with Crippen molar-refractivity contribution in [1.29, 1.82) is 0 Å². The van der Waals surface area contributed by atoms with Crippen molar-refractivity contribution in [3.05, 3.63) is 26.5 Å². The minimum absolute atomic E-state index is 0.101. The largest absolute Gasteiger partial charge is 0.324 e. The molecule has 0 fully saturated rings. The summed E-state index contributed by atoms with van der Waals surface area (Å²) >= 11 is 3.87. The summed E-state index contributed by atoms with van der Waals surface area (Å²) in [5.41, 5.74) is 8.24. The van der Waals surface area contributed by atoms with Gasteiger partial charge in [-0.15, -0.1) is 11.3 Å². The summed E-state index contributed by atoms with van der Waals surface area (Å²) in [7, 11) is 0. The fourth-order valence-corrected chi connectivity index (χ4v) is 3.39. The quantitative estimate of drug-likeness (QED) is 0.796. The van der Waals surface area contributed by atoms with Gasteiger partial charge in [0.1, 0.15) is 0 Å². The minimum Gasteiger partial charge on any atom is -0.324 e. The second-order valence-electron chi connectivity index (χ2n) is 4.06. The normalized spacial score (nSPS) is 19.1. The van der Waals surface area contributed by atoms with E-state index in [0.29, 0.717) is 0 Å². The van der Waals surface area contributed by atoms with Crippen molar-refractivity contribution >= 4 is 33.9 Å². The summed E-state index contributed by atoms with van der Waals surface area (Å²) in [5, 5.41) is 0.886. The van der Waals surface area contributed by atoms with E-state index in [1.54, 1.807) is 11.3 Å². The number of nitrogens with two attached hydrogens (primary N) is 1. The topological polar surface area (TPSA) is 64.7 Å². The van der Waals surface area contributed by atoms with Gasteiger partial charge in [0, 0.05) is 23.5 Å². The molecule has 2 heterocycles. The first-order valence-electron chi connectivity index (χ1n) is 5.47. The first-order chi connectivity index (χ1) is 8.24. The van der Waals surface area contributed by atoms with E-state index in [-0.39, 0.29) is 6.04 Å². The van der Waals surface area contributed by atoms with E-state index < -0.39 is 0 Å². The van der Waals surface area contributed by atoms with Crippen LogP contribution in [0.15, 0.2) is 12.4 Å². The van der Waals surface area contributed by atoms with Gasteiger partial charge in [-0.1, -0.05) is 0 Å². The lowest BCUT2D eigenvalue weighted by molar-refractivity contribution is 0.557. The maximum atomic E-state index is 6.04. The molecule has 1 aliphatic rings. The standard InChI is InChI=1S/C11H11IN4S/c12-9-5-15-11(17-9)10-14-4-6-7(13)2-1-3-8(6)16-10/h4-5,7H,1-3,13H2. The molecule has 2 N–H and O–H groups in total. The minimum atomic E-state index is 0.101. The number of halogens is 1. The second kappa shape index (κ2) is 4.58. The Bertz CT molecular complexity index is 554. The number of nitrogens with zero attached hydrogens (tertiary/aromatic N) is 3. The third-order valence-electron chi connectivity index (χ3n) is 2.90. The molecule has 0 bridgehead atoms. The Labute approximate surface area is 117 Å². The van der Waals surface area contributed by atoms with Crippen molar-refractivity contribution in [2.75, 3.05) is 0 Å². The highest BCUT2D eigenvalue weighted by atomic mass is 127. The van der Waals surface area contributed by atoms with Crippen LogP contribution in [0.25, 0.3) is 10.8 Å². The summed E-state index contributed by atoms with van der Waals surface area (Å²) in [6, 6.07) is 0.101. The maximum absolute atomic E-state index is 6.04. The summed E-state index contributed by atoms with van der Waals surface area (Å²) in [6.07, 6.45) is 6.86. The maximum Gasteiger partial charge on any atom is 0.188 e. The lowest BCUT2D eigenvalue weighted by Gasteiger charge is -2.20. The zero-order chi connectivity index (χ0) is 11.8. The molecule has 0 saturated heterocycles. The molecule has 0 amide bonds. The highest BCUT2D eigenvalue weighted by molar-refractivity contribution is 14.1. The lowest BCUT2D eigenvalue weighted by Crippen LogP contribution is -2.19. The molecule has 6 heteroatoms. The molecule has 0 saturated carbocycles. The van der Waals surface area contributed by atoms with Crippen molar-refractivity contribution in [1.82, 2.24) is 15.0 Å². The second-order valence-corrected chi connectivity index (χ2v) is 6.99. The van der Waals surface area contributed by atoms with Crippen LogP contribution in [0.1, 0.15) is 30.1 Å². The van der Waals surface area contributed by atoms with Gasteiger partial charge in [-0.2, -0.15) is 0 Å². The van der Waals surface area contributed by atoms with Gasteiger partial charge in [-0.05, 0) is 41.9 Å². The summed E-state index contributed by atoms with van der Waals surface area (Å²) < 4.78 is 1.15. The van der Waals surface area contributed by atoms with Gasteiger partial charge < -0.3 is 5.73 Å². The van der Waals surface area contributed by atoms with Gasteiger partial charge in [0.25, 0.3) is 0 Å². The van der Waals surface area contributed by atoms with Gasteiger partial charge >= 0.3 is 0 Å². The highest BCUT2D eigenvalue weighted by Gasteiger charge is 2.19. The van der Waals surface area contributed by atoms with E-state index in [1.807, 2.05) is 12.4 Å². The molecule has 1 unspecified atom stereocenters. The predicted molar refractivity (Wildman–Crippen MR) is 75.7 cm³/mol. The van der Waals surface area contributed by atoms with Crippen LogP contribution in [-0.2, 0) is 6.42 Å². The van der Waals surface area contributed by atoms with Crippen molar-refractivity contribution in [3.63, 3.8) is 0 Å². The molecule has 0 aromatic carbocycles. The average molecular weight is 358 g/mol. The highest BCUT2D eigenvalue weighted by Crippen LogP contribution is 2.29. The Morgan fingerprint density at radius 3 is 3.00 bits per heavy atom. The molecule has 4 nitrogen and oxygen atoms in total. The number of aromatic nitrogens is 3. The summed E-state index contributed by atoms with van der Waals surface area (Å²) in [5.74, 6) is 0.728. The summed E-state index contributed by atoms with van der Waals surface area (Å²) in [6.45, 7) is 0. The monoisotopic (exact) mass is 358 g/mol. The van der Waals surface area contributed by atoms with Gasteiger partial charge in [0.2, 0.25) is 0 Å². The number of aryl methyl sites for hydroxylation is 1. The Morgan fingerprint density at radius 1 is 1.35 bits per heavy atom. The molecule has 3 rings (SSSR count). The Hall–Kier alpha value is -0.600. The number of thiazole rings is 1. The van der Waals surface area contributed by atoms with Crippen LogP contribution >= 0.6 is 33.9 Å². The van der Waals surface area contributed by atoms with Crippen LogP contribution in [0, 0.1) is 2.88 Å². The third kappa shape index (κ3) is 2.21. The summed E-state index contributed by atoms with van der Waals surface area (Å²) in [4.78, 5) is 13.3. The van der Waals surface area contributed by atoms with Crippen molar-refractivity contribution in [3.8, 4) is 10.8 Å². The molecule has 0 spiro atoms. The van der Waals surface area contributed by atoms with E-state index >= 15 is 0 Å². The number of rotatable bonds is 1. The lowest BCUT2D eigenvalue weighted by atomic mass is 9.93. The zero-order valence-electron chi connectivity index (χ0n) is 9.06. The van der Waals surface area contributed by atoms with E-state index in [0.717, 1.165) is 44.2 Å². The van der Waals surface area contributed by atoms with Gasteiger partial charge in [-0.3, -0.25) is 0 Å². The third-order valence-corrected chi connectivity index (χ3v) is 4.62. The van der Waals surface area contributed by atoms with E-state index in [9.17, 15) is 0 Å². The van der Waals surface area contributed by atoms with Crippen LogP contribution in [0.5, 0.6) is 0 Å². The SMILES string of the molecule is NC1CCCc2nc(-c3ncc(I)s3)ncc21. The van der Waals surface area contributed by atoms with Gasteiger partial charge in [0.15, 0.2) is 10.8 Å². The Balaban J connectivity index is 2.03. The molecule has 0 aliphatic heterocycles. The van der Waals surface area contributed by atoms with Crippen LogP contribution in [0.4, 0.5) is 0 Å². The molecule has 1 aliphatic carbocycles. The van der Waals surface area contributed by atoms with Gasteiger partial charge in [-0.25, -0.2) is 15.0 Å². The molecule has 17 heavy (non-hydrogen) atoms. The molecular weight excluding hydrogens is 347 g/mol. The van der Waals surface area contributed by atoms with E-state index in [4.69, 9.17) is 5.73 Å². The molecular formula is C11H11IN4S. The van der Waals surface area contributed by atoms with Crippen molar-refractivity contribution in [2.45, 2.75) is 25.3 Å². The van der Waals surface area contributed by atoms with Crippen LogP contribution < -0.4 is 5.73 Å². The number of hydrogen-bond donors (Lipinski definition) is 1. The molecule has 1 atom stereocenters. The smallest absolute Gasteiger partial charge is 0.188 e. The average Bonchev–Trinajstić information content (AvgIpc) is 2.76. The van der Waals surface area contributed by atoms with Crippen LogP contribution in [0.3, 0.4) is 0 Å². The van der Waals surface area contributed by atoms with E-state index in [1.165, 1.54) is 0 Å². The Kier molecular flexibility index (Phi) is 3.10. The molecule has 2 aromatic rings. The van der Waals surface area contributed by atoms with Crippen molar-refractivity contribution in [2.24, 2.45) is 5.73 Å². The van der Waals surface area contributed by atoms with Crippen LogP contribution in [-0.4, -0.2) is 15.0 Å². The number of fused-ring (bicyclic) bond motifs is 1. The fraction of sp³-hybridized carbons (Fsp3) is 0.364. The van der Waals surface area contributed by atoms with E-state index in [2.05, 4.69) is 37.5 Å². The fourth-order valence-electron chi connectivity index (χ4n) is 2.04. The molecule has 2 aromatic heterocycles. The molecule has 0 radical (unpaired) electrons. The first kappa shape index (κ1) is 11.5. The van der Waals surface area contributed by atoms with Crippen LogP contribution in [0.2, 0.25) is 0 Å².